The zero-order chi connectivity index (χ0) is 10.2. The molecule has 0 saturated heterocycles. The predicted molar refractivity (Wildman–Crippen MR) is 60.1 cm³/mol. The summed E-state index contributed by atoms with van der Waals surface area (Å²) in [6.45, 7) is 0. The smallest absolute Gasteiger partial charge is 0.211 e. The summed E-state index contributed by atoms with van der Waals surface area (Å²) in [4.78, 5) is 0. The van der Waals surface area contributed by atoms with Crippen LogP contribution in [0.25, 0.3) is 0 Å². The first kappa shape index (κ1) is 11.0. The molecule has 1 fully saturated rings. The van der Waals surface area contributed by atoms with Gasteiger partial charge in [0.05, 0.1) is 0 Å². The molecule has 0 radical (unpaired) electrons. The van der Waals surface area contributed by atoms with Crippen LogP contribution >= 0.6 is 0 Å². The van der Waals surface area contributed by atoms with E-state index in [0.717, 1.165) is 12.3 Å². The first-order valence-corrected chi connectivity index (χ1v) is 5.39. The molecule has 4 heteroatoms. The Kier molecular flexibility index (Phi) is 5.04. The molecule has 1 rings (SSSR count). The molecule has 1 aliphatic carbocycles. The van der Waals surface area contributed by atoms with E-state index >= 15 is 0 Å². The van der Waals surface area contributed by atoms with Gasteiger partial charge in [0.2, 0.25) is 5.96 Å². The monoisotopic (exact) mass is 196 g/mol. The number of hydrogen-bond acceptors (Lipinski definition) is 2. The van der Waals surface area contributed by atoms with Gasteiger partial charge in [0, 0.05) is 6.21 Å². The molecule has 0 aromatic carbocycles. The van der Waals surface area contributed by atoms with Crippen LogP contribution in [0.2, 0.25) is 0 Å². The fourth-order valence-corrected chi connectivity index (χ4v) is 1.95. The average Bonchev–Trinajstić information content (AvgIpc) is 2.18. The van der Waals surface area contributed by atoms with Gasteiger partial charge in [-0.1, -0.05) is 32.1 Å². The molecule has 0 amide bonds. The largest absolute Gasteiger partial charge is 0.369 e. The third-order valence-electron chi connectivity index (χ3n) is 2.68. The molecule has 80 valence electrons. The summed E-state index contributed by atoms with van der Waals surface area (Å²) >= 11 is 0. The molecule has 4 nitrogen and oxygen atoms in total. The molecule has 14 heavy (non-hydrogen) atoms. The Morgan fingerprint density at radius 3 is 2.57 bits per heavy atom. The van der Waals surface area contributed by atoms with Crippen molar-refractivity contribution >= 4 is 12.2 Å². The Morgan fingerprint density at radius 2 is 1.93 bits per heavy atom. The van der Waals surface area contributed by atoms with Gasteiger partial charge in [0.25, 0.3) is 0 Å². The summed E-state index contributed by atoms with van der Waals surface area (Å²) in [6, 6.07) is 0. The predicted octanol–water partition coefficient (Wildman–Crippen LogP) is 1.61. The number of guanidine groups is 1. The topological polar surface area (TPSA) is 76.8 Å². The van der Waals surface area contributed by atoms with E-state index in [0.29, 0.717) is 0 Å². The van der Waals surface area contributed by atoms with Crippen LogP contribution in [0.1, 0.15) is 44.9 Å². The van der Waals surface area contributed by atoms with Crippen LogP contribution in [0.5, 0.6) is 0 Å². The third kappa shape index (κ3) is 4.84. The quantitative estimate of drug-likeness (QED) is 0.407. The van der Waals surface area contributed by atoms with Gasteiger partial charge in [-0.15, -0.1) is 5.10 Å². The van der Waals surface area contributed by atoms with Crippen LogP contribution < -0.4 is 11.5 Å². The Morgan fingerprint density at radius 1 is 1.21 bits per heavy atom. The van der Waals surface area contributed by atoms with Crippen LogP contribution in [-0.2, 0) is 0 Å². The molecule has 4 N–H and O–H groups in total. The fraction of sp³-hybridized carbons (Fsp3) is 0.800. The standard InChI is InChI=1S/C10H20N4/c11-10(12)14-13-8-4-7-9-5-2-1-3-6-9/h8-9H,1-7H2,(H4,11,12,14). The molecule has 0 heterocycles. The second kappa shape index (κ2) is 6.40. The van der Waals surface area contributed by atoms with Gasteiger partial charge < -0.3 is 11.5 Å². The number of nitrogens with two attached hydrogens (primary N) is 2. The van der Waals surface area contributed by atoms with E-state index in [-0.39, 0.29) is 5.96 Å². The highest BCUT2D eigenvalue weighted by molar-refractivity contribution is 5.76. The lowest BCUT2D eigenvalue weighted by molar-refractivity contribution is 0.344. The molecule has 0 aromatic rings. The van der Waals surface area contributed by atoms with Crippen molar-refractivity contribution in [2.45, 2.75) is 44.9 Å². The van der Waals surface area contributed by atoms with Crippen molar-refractivity contribution in [3.8, 4) is 0 Å². The molecule has 1 aliphatic rings. The summed E-state index contributed by atoms with van der Waals surface area (Å²) in [6.07, 6.45) is 11.0. The molecule has 0 aliphatic heterocycles. The molecule has 0 atom stereocenters. The zero-order valence-electron chi connectivity index (χ0n) is 8.65. The molecule has 0 aromatic heterocycles. The minimum absolute atomic E-state index is 0.0268. The summed E-state index contributed by atoms with van der Waals surface area (Å²) < 4.78 is 0. The van der Waals surface area contributed by atoms with E-state index in [1.54, 1.807) is 6.21 Å². The van der Waals surface area contributed by atoms with Gasteiger partial charge in [-0.25, -0.2) is 0 Å². The average molecular weight is 196 g/mol. The van der Waals surface area contributed by atoms with E-state index in [9.17, 15) is 0 Å². The van der Waals surface area contributed by atoms with E-state index in [1.165, 1.54) is 38.5 Å². The minimum atomic E-state index is 0.0268. The number of hydrogen-bond donors (Lipinski definition) is 2. The van der Waals surface area contributed by atoms with Crippen molar-refractivity contribution in [3.63, 3.8) is 0 Å². The highest BCUT2D eigenvalue weighted by Crippen LogP contribution is 2.26. The third-order valence-corrected chi connectivity index (χ3v) is 2.68. The van der Waals surface area contributed by atoms with Crippen molar-refractivity contribution in [2.75, 3.05) is 0 Å². The maximum Gasteiger partial charge on any atom is 0.211 e. The number of nitrogens with zero attached hydrogens (tertiary/aromatic N) is 2. The Balaban J connectivity index is 2.08. The van der Waals surface area contributed by atoms with Gasteiger partial charge in [0.15, 0.2) is 0 Å². The molecular formula is C10H20N4. The Hall–Kier alpha value is -1.06. The van der Waals surface area contributed by atoms with Crippen molar-refractivity contribution in [1.29, 1.82) is 0 Å². The second-order valence-electron chi connectivity index (χ2n) is 3.90. The summed E-state index contributed by atoms with van der Waals surface area (Å²) in [5.41, 5.74) is 10.3. The maximum absolute atomic E-state index is 5.13. The van der Waals surface area contributed by atoms with Crippen molar-refractivity contribution in [2.24, 2.45) is 27.6 Å². The lowest BCUT2D eigenvalue weighted by Crippen LogP contribution is -2.21. The minimum Gasteiger partial charge on any atom is -0.369 e. The van der Waals surface area contributed by atoms with Gasteiger partial charge >= 0.3 is 0 Å². The molecule has 0 bridgehead atoms. The van der Waals surface area contributed by atoms with Crippen LogP contribution in [-0.4, -0.2) is 12.2 Å². The first-order valence-electron chi connectivity index (χ1n) is 5.39. The van der Waals surface area contributed by atoms with Crippen molar-refractivity contribution in [1.82, 2.24) is 0 Å². The van der Waals surface area contributed by atoms with Crippen molar-refractivity contribution < 1.29 is 0 Å². The van der Waals surface area contributed by atoms with E-state index in [1.807, 2.05) is 0 Å². The first-order chi connectivity index (χ1) is 6.79. The fourth-order valence-electron chi connectivity index (χ4n) is 1.95. The second-order valence-corrected chi connectivity index (χ2v) is 3.90. The van der Waals surface area contributed by atoms with E-state index in [2.05, 4.69) is 10.2 Å². The maximum atomic E-state index is 5.13. The van der Waals surface area contributed by atoms with Gasteiger partial charge in [-0.3, -0.25) is 0 Å². The highest BCUT2D eigenvalue weighted by Gasteiger charge is 2.11. The molecular weight excluding hydrogens is 176 g/mol. The SMILES string of the molecule is NC(N)=NN=CCCC1CCCCC1. The van der Waals surface area contributed by atoms with Crippen LogP contribution in [0.15, 0.2) is 10.2 Å². The Labute approximate surface area is 85.5 Å². The molecule has 0 unspecified atom stereocenters. The normalized spacial score (nSPS) is 18.6. The summed E-state index contributed by atoms with van der Waals surface area (Å²) in [5, 5.41) is 7.32. The van der Waals surface area contributed by atoms with Crippen LogP contribution in [0.3, 0.4) is 0 Å². The molecule has 0 spiro atoms. The van der Waals surface area contributed by atoms with E-state index in [4.69, 9.17) is 11.5 Å². The number of rotatable bonds is 4. The zero-order valence-corrected chi connectivity index (χ0v) is 8.65. The lowest BCUT2D eigenvalue weighted by atomic mass is 9.86. The Bertz CT molecular complexity index is 200. The highest BCUT2D eigenvalue weighted by atomic mass is 15.3. The van der Waals surface area contributed by atoms with Gasteiger partial charge in [-0.05, 0) is 18.8 Å². The lowest BCUT2D eigenvalue weighted by Gasteiger charge is -2.20. The summed E-state index contributed by atoms with van der Waals surface area (Å²) in [7, 11) is 0. The van der Waals surface area contributed by atoms with E-state index < -0.39 is 0 Å². The van der Waals surface area contributed by atoms with Gasteiger partial charge in [-0.2, -0.15) is 5.10 Å². The van der Waals surface area contributed by atoms with Crippen molar-refractivity contribution in [3.05, 3.63) is 0 Å². The van der Waals surface area contributed by atoms with Gasteiger partial charge in [0.1, 0.15) is 0 Å². The molecule has 1 saturated carbocycles. The van der Waals surface area contributed by atoms with Crippen LogP contribution in [0, 0.1) is 5.92 Å². The summed E-state index contributed by atoms with van der Waals surface area (Å²) in [5.74, 6) is 0.924. The van der Waals surface area contributed by atoms with Crippen LogP contribution in [0.4, 0.5) is 0 Å².